The van der Waals surface area contributed by atoms with Crippen molar-refractivity contribution in [1.29, 1.82) is 0 Å². The van der Waals surface area contributed by atoms with Gasteiger partial charge in [0.1, 0.15) is 18.3 Å². The highest BCUT2D eigenvalue weighted by Crippen LogP contribution is 2.23. The number of anilines is 1. The summed E-state index contributed by atoms with van der Waals surface area (Å²) in [5, 5.41) is 31.3. The highest BCUT2D eigenvalue weighted by molar-refractivity contribution is 7.90. The van der Waals surface area contributed by atoms with Gasteiger partial charge >= 0.3 is 6.09 Å². The van der Waals surface area contributed by atoms with Crippen molar-refractivity contribution in [1.82, 2.24) is 4.72 Å². The van der Waals surface area contributed by atoms with Gasteiger partial charge in [0.15, 0.2) is 6.23 Å². The van der Waals surface area contributed by atoms with Crippen LogP contribution in [0.15, 0.2) is 29.2 Å². The SMILES string of the molecule is COC(=O)NS(=O)(=O)c1ccc(N[C@@H]2O[C@H](CO)[C@@H](O)[C@H]2O)cc1. The van der Waals surface area contributed by atoms with E-state index >= 15 is 0 Å². The molecule has 1 aromatic rings. The van der Waals surface area contributed by atoms with Crippen molar-refractivity contribution < 1.29 is 38.0 Å². The molecule has 0 spiro atoms. The third-order valence-electron chi connectivity index (χ3n) is 3.42. The van der Waals surface area contributed by atoms with Crippen molar-refractivity contribution in [3.05, 3.63) is 24.3 Å². The first-order valence-electron chi connectivity index (χ1n) is 6.88. The molecule has 1 heterocycles. The molecule has 0 aromatic heterocycles. The van der Waals surface area contributed by atoms with Gasteiger partial charge in [0, 0.05) is 5.69 Å². The van der Waals surface area contributed by atoms with Crippen LogP contribution in [-0.2, 0) is 19.5 Å². The quantitative estimate of drug-likeness (QED) is 0.424. The van der Waals surface area contributed by atoms with Crippen LogP contribution in [-0.4, -0.2) is 68.1 Å². The van der Waals surface area contributed by atoms with Gasteiger partial charge in [0.2, 0.25) is 0 Å². The minimum Gasteiger partial charge on any atom is -0.452 e. The highest BCUT2D eigenvalue weighted by atomic mass is 32.2. The summed E-state index contributed by atoms with van der Waals surface area (Å²) in [6, 6.07) is 5.24. The molecule has 0 radical (unpaired) electrons. The number of carbonyl (C=O) groups is 1. The predicted octanol–water partition coefficient (Wildman–Crippen LogP) is -1.42. The Balaban J connectivity index is 2.06. The first-order valence-corrected chi connectivity index (χ1v) is 8.36. The fourth-order valence-corrected chi connectivity index (χ4v) is 3.04. The zero-order valence-electron chi connectivity index (χ0n) is 12.6. The van der Waals surface area contributed by atoms with E-state index < -0.39 is 47.3 Å². The van der Waals surface area contributed by atoms with Gasteiger partial charge in [-0.25, -0.2) is 17.9 Å². The molecule has 1 saturated heterocycles. The van der Waals surface area contributed by atoms with E-state index in [9.17, 15) is 23.4 Å². The molecule has 0 saturated carbocycles. The second-order valence-corrected chi connectivity index (χ2v) is 6.71. The van der Waals surface area contributed by atoms with E-state index in [1.807, 2.05) is 0 Å². The standard InChI is InChI=1S/C13H18N2O8S/c1-22-13(19)15-24(20,21)8-4-2-7(3-5-8)14-12-11(18)10(17)9(6-16)23-12/h2-5,9-12,14,16-18H,6H2,1H3,(H,15,19)/t9-,10-,11-,12-/m1/s1. The Morgan fingerprint density at radius 3 is 2.38 bits per heavy atom. The molecule has 10 nitrogen and oxygen atoms in total. The molecule has 0 aliphatic carbocycles. The molecule has 1 fully saturated rings. The smallest absolute Gasteiger partial charge is 0.420 e. The maximum Gasteiger partial charge on any atom is 0.420 e. The molecule has 1 aliphatic heterocycles. The van der Waals surface area contributed by atoms with Gasteiger partial charge < -0.3 is 30.1 Å². The van der Waals surface area contributed by atoms with Crippen molar-refractivity contribution >= 4 is 21.8 Å². The van der Waals surface area contributed by atoms with Crippen LogP contribution >= 0.6 is 0 Å². The zero-order chi connectivity index (χ0) is 17.9. The summed E-state index contributed by atoms with van der Waals surface area (Å²) in [5.41, 5.74) is 0.404. The second-order valence-electron chi connectivity index (χ2n) is 5.02. The molecule has 134 valence electrons. The first-order chi connectivity index (χ1) is 11.3. The summed E-state index contributed by atoms with van der Waals surface area (Å²) in [4.78, 5) is 10.8. The second kappa shape index (κ2) is 7.32. The average Bonchev–Trinajstić information content (AvgIpc) is 2.82. The van der Waals surface area contributed by atoms with Crippen LogP contribution in [0.2, 0.25) is 0 Å². The zero-order valence-corrected chi connectivity index (χ0v) is 13.4. The molecule has 0 unspecified atom stereocenters. The number of ether oxygens (including phenoxy) is 2. The van der Waals surface area contributed by atoms with Crippen molar-refractivity contribution in [2.24, 2.45) is 0 Å². The third-order valence-corrected chi connectivity index (χ3v) is 4.75. The molecule has 1 aliphatic rings. The molecular formula is C13H18N2O8S. The number of hydrogen-bond donors (Lipinski definition) is 5. The lowest BCUT2D eigenvalue weighted by Gasteiger charge is -2.17. The Bertz CT molecular complexity index is 678. The number of methoxy groups -OCH3 is 1. The number of hydrogen-bond acceptors (Lipinski definition) is 9. The van der Waals surface area contributed by atoms with E-state index in [0.717, 1.165) is 7.11 Å². The van der Waals surface area contributed by atoms with Crippen LogP contribution in [0.4, 0.5) is 10.5 Å². The Morgan fingerprint density at radius 2 is 1.88 bits per heavy atom. The fraction of sp³-hybridized carbons (Fsp3) is 0.462. The van der Waals surface area contributed by atoms with Gasteiger partial charge in [-0.15, -0.1) is 0 Å². The maximum absolute atomic E-state index is 11.9. The summed E-state index contributed by atoms with van der Waals surface area (Å²) >= 11 is 0. The van der Waals surface area contributed by atoms with Gasteiger partial charge in [-0.3, -0.25) is 0 Å². The van der Waals surface area contributed by atoms with Crippen molar-refractivity contribution in [2.45, 2.75) is 29.4 Å². The van der Waals surface area contributed by atoms with Gasteiger partial charge in [-0.2, -0.15) is 0 Å². The highest BCUT2D eigenvalue weighted by Gasteiger charge is 2.42. The summed E-state index contributed by atoms with van der Waals surface area (Å²) in [5.74, 6) is 0. The Hall–Kier alpha value is -1.92. The summed E-state index contributed by atoms with van der Waals surface area (Å²) in [7, 11) is -3.01. The lowest BCUT2D eigenvalue weighted by molar-refractivity contribution is -0.0153. The minimum absolute atomic E-state index is 0.167. The van der Waals surface area contributed by atoms with E-state index in [4.69, 9.17) is 9.84 Å². The molecule has 1 amide bonds. The molecule has 0 bridgehead atoms. The number of aliphatic hydroxyl groups excluding tert-OH is 3. The lowest BCUT2D eigenvalue weighted by Crippen LogP contribution is -2.36. The van der Waals surface area contributed by atoms with Crippen LogP contribution in [0.25, 0.3) is 0 Å². The van der Waals surface area contributed by atoms with E-state index in [0.29, 0.717) is 5.69 Å². The fourth-order valence-electron chi connectivity index (χ4n) is 2.12. The van der Waals surface area contributed by atoms with E-state index in [2.05, 4.69) is 10.1 Å². The Kier molecular flexibility index (Phi) is 5.62. The van der Waals surface area contributed by atoms with Crippen LogP contribution in [0, 0.1) is 0 Å². The number of sulfonamides is 1. The molecule has 4 atom stereocenters. The topological polar surface area (TPSA) is 154 Å². The lowest BCUT2D eigenvalue weighted by atomic mass is 10.1. The third kappa shape index (κ3) is 3.94. The minimum atomic E-state index is -4.05. The Labute approximate surface area is 138 Å². The van der Waals surface area contributed by atoms with Crippen LogP contribution in [0.1, 0.15) is 0 Å². The predicted molar refractivity (Wildman–Crippen MR) is 80.6 cm³/mol. The van der Waals surface area contributed by atoms with Gasteiger partial charge in [-0.1, -0.05) is 0 Å². The molecule has 24 heavy (non-hydrogen) atoms. The number of aliphatic hydroxyl groups is 3. The van der Waals surface area contributed by atoms with Gasteiger partial charge in [-0.05, 0) is 24.3 Å². The summed E-state index contributed by atoms with van der Waals surface area (Å²) in [6.07, 6.45) is -5.49. The maximum atomic E-state index is 11.9. The van der Waals surface area contributed by atoms with Crippen molar-refractivity contribution in [3.8, 4) is 0 Å². The van der Waals surface area contributed by atoms with E-state index in [1.54, 1.807) is 4.72 Å². The number of rotatable bonds is 5. The number of carbonyl (C=O) groups excluding carboxylic acids is 1. The van der Waals surface area contributed by atoms with Crippen LogP contribution < -0.4 is 10.0 Å². The molecule has 2 rings (SSSR count). The summed E-state index contributed by atoms with van der Waals surface area (Å²) in [6.45, 7) is -0.452. The molecule has 1 aromatic carbocycles. The van der Waals surface area contributed by atoms with Crippen molar-refractivity contribution in [2.75, 3.05) is 19.0 Å². The average molecular weight is 362 g/mol. The Morgan fingerprint density at radius 1 is 1.25 bits per heavy atom. The largest absolute Gasteiger partial charge is 0.452 e. The van der Waals surface area contributed by atoms with Crippen molar-refractivity contribution in [3.63, 3.8) is 0 Å². The normalized spacial score (nSPS) is 26.8. The number of nitrogens with one attached hydrogen (secondary N) is 2. The molecular weight excluding hydrogens is 344 g/mol. The molecule has 11 heteroatoms. The van der Waals surface area contributed by atoms with Gasteiger partial charge in [0.05, 0.1) is 18.6 Å². The van der Waals surface area contributed by atoms with Crippen LogP contribution in [0.5, 0.6) is 0 Å². The number of amides is 1. The monoisotopic (exact) mass is 362 g/mol. The molecule has 5 N–H and O–H groups in total. The van der Waals surface area contributed by atoms with E-state index in [-0.39, 0.29) is 4.90 Å². The number of benzene rings is 1. The van der Waals surface area contributed by atoms with Gasteiger partial charge in [0.25, 0.3) is 10.0 Å². The first kappa shape index (κ1) is 18.4. The summed E-state index contributed by atoms with van der Waals surface area (Å²) < 4.78 is 34.9. The van der Waals surface area contributed by atoms with E-state index in [1.165, 1.54) is 24.3 Å². The van der Waals surface area contributed by atoms with Crippen LogP contribution in [0.3, 0.4) is 0 Å².